The molecule has 5 aromatic heterocycles. The Bertz CT molecular complexity index is 1710. The van der Waals surface area contributed by atoms with Crippen molar-refractivity contribution in [2.24, 2.45) is 14.1 Å². The fourth-order valence-electron chi connectivity index (χ4n) is 4.28. The first kappa shape index (κ1) is 19.2. The van der Waals surface area contributed by atoms with Crippen LogP contribution in [0.5, 0.6) is 0 Å². The average molecular weight is 435 g/mol. The fourth-order valence-corrected chi connectivity index (χ4v) is 4.28. The molecule has 0 bridgehead atoms. The molecule has 6 aromatic rings. The molecule has 0 saturated heterocycles. The van der Waals surface area contributed by atoms with Crippen LogP contribution in [-0.4, -0.2) is 33.9 Å². The molecule has 8 nitrogen and oxygen atoms in total. The molecule has 8 heteroatoms. The standard InChI is InChI=1S/C25H21N7O/c1-15-6-8-17(9-7-15)32-21-5-4-10-26-23(21)29-24(32)19-14-30(2)25(33)22-18(19)11-20(28-22)16-12-27-31(3)13-16/h4-14,28H,1-3H3. The molecule has 0 radical (unpaired) electrons. The number of aromatic amines is 1. The largest absolute Gasteiger partial charge is 0.350 e. The topological polar surface area (TPSA) is 86.3 Å². The van der Waals surface area contributed by atoms with Gasteiger partial charge in [0.2, 0.25) is 0 Å². The van der Waals surface area contributed by atoms with Gasteiger partial charge in [0, 0.05) is 60.6 Å². The van der Waals surface area contributed by atoms with E-state index in [9.17, 15) is 4.79 Å². The summed E-state index contributed by atoms with van der Waals surface area (Å²) >= 11 is 0. The van der Waals surface area contributed by atoms with Crippen molar-refractivity contribution >= 4 is 22.1 Å². The SMILES string of the molecule is Cc1ccc(-n2c(-c3cn(C)c(=O)c4[nH]c(-c5cnn(C)c5)cc34)nc3ncccc32)cc1. The molecule has 0 aliphatic rings. The smallest absolute Gasteiger partial charge is 0.274 e. The van der Waals surface area contributed by atoms with Crippen molar-refractivity contribution in [3.05, 3.63) is 83.2 Å². The third-order valence-electron chi connectivity index (χ3n) is 5.94. The highest BCUT2D eigenvalue weighted by molar-refractivity contribution is 5.97. The van der Waals surface area contributed by atoms with E-state index in [4.69, 9.17) is 4.98 Å². The van der Waals surface area contributed by atoms with Crippen LogP contribution in [0.1, 0.15) is 5.56 Å². The van der Waals surface area contributed by atoms with Crippen LogP contribution in [0.15, 0.2) is 72.0 Å². The molecule has 0 saturated carbocycles. The summed E-state index contributed by atoms with van der Waals surface area (Å²) in [6.45, 7) is 2.06. The summed E-state index contributed by atoms with van der Waals surface area (Å²) in [5.41, 5.74) is 6.74. The molecule has 0 fully saturated rings. The van der Waals surface area contributed by atoms with Crippen LogP contribution in [0.3, 0.4) is 0 Å². The summed E-state index contributed by atoms with van der Waals surface area (Å²) in [5.74, 6) is 0.727. The van der Waals surface area contributed by atoms with Gasteiger partial charge in [0.15, 0.2) is 5.65 Å². The predicted octanol–water partition coefficient (Wildman–Crippen LogP) is 3.98. The number of hydrogen-bond acceptors (Lipinski definition) is 4. The maximum atomic E-state index is 13.0. The maximum absolute atomic E-state index is 13.0. The van der Waals surface area contributed by atoms with Crippen molar-refractivity contribution in [3.63, 3.8) is 0 Å². The van der Waals surface area contributed by atoms with E-state index in [2.05, 4.69) is 50.8 Å². The van der Waals surface area contributed by atoms with E-state index in [0.717, 1.165) is 39.2 Å². The second kappa shape index (κ2) is 7.03. The van der Waals surface area contributed by atoms with Crippen LogP contribution in [0, 0.1) is 6.92 Å². The van der Waals surface area contributed by atoms with Gasteiger partial charge in [-0.3, -0.25) is 14.0 Å². The van der Waals surface area contributed by atoms with E-state index < -0.39 is 0 Å². The van der Waals surface area contributed by atoms with E-state index >= 15 is 0 Å². The number of nitrogens with zero attached hydrogens (tertiary/aromatic N) is 6. The van der Waals surface area contributed by atoms with E-state index in [-0.39, 0.29) is 5.56 Å². The van der Waals surface area contributed by atoms with Gasteiger partial charge in [-0.1, -0.05) is 17.7 Å². The van der Waals surface area contributed by atoms with Crippen LogP contribution in [-0.2, 0) is 14.1 Å². The third-order valence-corrected chi connectivity index (χ3v) is 5.94. The van der Waals surface area contributed by atoms with Crippen molar-refractivity contribution in [1.82, 2.24) is 33.9 Å². The third kappa shape index (κ3) is 2.99. The van der Waals surface area contributed by atoms with Crippen LogP contribution < -0.4 is 5.56 Å². The molecule has 0 aliphatic heterocycles. The second-order valence-electron chi connectivity index (χ2n) is 8.29. The number of aryl methyl sites for hydroxylation is 3. The van der Waals surface area contributed by atoms with Crippen molar-refractivity contribution < 1.29 is 0 Å². The molecule has 33 heavy (non-hydrogen) atoms. The lowest BCUT2D eigenvalue weighted by Gasteiger charge is -2.11. The van der Waals surface area contributed by atoms with Gasteiger partial charge in [0.1, 0.15) is 11.3 Å². The minimum atomic E-state index is -0.0972. The monoisotopic (exact) mass is 435 g/mol. The Kier molecular flexibility index (Phi) is 4.10. The first-order valence-corrected chi connectivity index (χ1v) is 10.6. The van der Waals surface area contributed by atoms with Gasteiger partial charge in [-0.2, -0.15) is 5.10 Å². The number of H-pyrrole nitrogens is 1. The Labute approximate surface area is 188 Å². The Hall–Kier alpha value is -4.46. The summed E-state index contributed by atoms with van der Waals surface area (Å²) in [5, 5.41) is 5.07. The number of pyridine rings is 2. The van der Waals surface area contributed by atoms with Crippen LogP contribution >= 0.6 is 0 Å². The van der Waals surface area contributed by atoms with Crippen molar-refractivity contribution in [2.75, 3.05) is 0 Å². The molecular weight excluding hydrogens is 414 g/mol. The quantitative estimate of drug-likeness (QED) is 0.456. The minimum absolute atomic E-state index is 0.0972. The van der Waals surface area contributed by atoms with Crippen molar-refractivity contribution in [3.8, 4) is 28.3 Å². The number of rotatable bonds is 3. The van der Waals surface area contributed by atoms with Crippen LogP contribution in [0.25, 0.3) is 50.4 Å². The molecular formula is C25H21N7O. The first-order valence-electron chi connectivity index (χ1n) is 10.6. The van der Waals surface area contributed by atoms with E-state index in [1.807, 2.05) is 37.6 Å². The molecule has 162 valence electrons. The van der Waals surface area contributed by atoms with Gasteiger partial charge in [-0.25, -0.2) is 9.97 Å². The number of fused-ring (bicyclic) bond motifs is 2. The Morgan fingerprint density at radius 2 is 1.85 bits per heavy atom. The van der Waals surface area contributed by atoms with Gasteiger partial charge in [0.05, 0.1) is 11.7 Å². The Morgan fingerprint density at radius 3 is 2.61 bits per heavy atom. The summed E-state index contributed by atoms with van der Waals surface area (Å²) in [6, 6.07) is 14.2. The van der Waals surface area contributed by atoms with Crippen molar-refractivity contribution in [2.45, 2.75) is 6.92 Å². The molecule has 5 heterocycles. The summed E-state index contributed by atoms with van der Waals surface area (Å²) in [4.78, 5) is 25.7. The molecule has 1 aromatic carbocycles. The highest BCUT2D eigenvalue weighted by atomic mass is 16.1. The zero-order valence-electron chi connectivity index (χ0n) is 18.4. The highest BCUT2D eigenvalue weighted by Gasteiger charge is 2.20. The van der Waals surface area contributed by atoms with Crippen molar-refractivity contribution in [1.29, 1.82) is 0 Å². The Morgan fingerprint density at radius 1 is 1.03 bits per heavy atom. The van der Waals surface area contributed by atoms with Gasteiger partial charge in [-0.15, -0.1) is 0 Å². The van der Waals surface area contributed by atoms with Gasteiger partial charge < -0.3 is 9.55 Å². The predicted molar refractivity (Wildman–Crippen MR) is 128 cm³/mol. The summed E-state index contributed by atoms with van der Waals surface area (Å²) < 4.78 is 5.42. The van der Waals surface area contributed by atoms with E-state index in [1.54, 1.807) is 28.7 Å². The number of nitrogens with one attached hydrogen (secondary N) is 1. The number of hydrogen-bond donors (Lipinski definition) is 1. The lowest BCUT2D eigenvalue weighted by Crippen LogP contribution is -2.17. The zero-order valence-corrected chi connectivity index (χ0v) is 18.4. The molecule has 0 spiro atoms. The first-order chi connectivity index (χ1) is 16.0. The average Bonchev–Trinajstić information content (AvgIpc) is 3.53. The lowest BCUT2D eigenvalue weighted by atomic mass is 10.1. The molecule has 0 unspecified atom stereocenters. The molecule has 0 atom stereocenters. The second-order valence-corrected chi connectivity index (χ2v) is 8.29. The van der Waals surface area contributed by atoms with Gasteiger partial charge >= 0.3 is 0 Å². The number of aromatic nitrogens is 7. The number of imidazole rings is 1. The molecule has 0 amide bonds. The fraction of sp³-hybridized carbons (Fsp3) is 0.120. The molecule has 0 aliphatic carbocycles. The lowest BCUT2D eigenvalue weighted by molar-refractivity contribution is 0.768. The molecule has 1 N–H and O–H groups in total. The van der Waals surface area contributed by atoms with Crippen LogP contribution in [0.2, 0.25) is 0 Å². The van der Waals surface area contributed by atoms with Crippen LogP contribution in [0.4, 0.5) is 0 Å². The normalized spacial score (nSPS) is 11.6. The molecule has 6 rings (SSSR count). The van der Waals surface area contributed by atoms with E-state index in [0.29, 0.717) is 11.2 Å². The van der Waals surface area contributed by atoms with Gasteiger partial charge in [-0.05, 0) is 37.3 Å². The summed E-state index contributed by atoms with van der Waals surface area (Å²) in [6.07, 6.45) is 7.28. The maximum Gasteiger partial charge on any atom is 0.274 e. The van der Waals surface area contributed by atoms with E-state index in [1.165, 1.54) is 5.56 Å². The highest BCUT2D eigenvalue weighted by Crippen LogP contribution is 2.33. The minimum Gasteiger partial charge on any atom is -0.350 e. The summed E-state index contributed by atoms with van der Waals surface area (Å²) in [7, 11) is 3.63. The van der Waals surface area contributed by atoms with Gasteiger partial charge in [0.25, 0.3) is 5.56 Å². The zero-order chi connectivity index (χ0) is 22.7. The Balaban J connectivity index is 1.69. The number of benzene rings is 1.